The molecule has 0 saturated heterocycles. The number of aromatic hydroxyl groups is 1. The maximum atomic E-state index is 11.5. The van der Waals surface area contributed by atoms with Gasteiger partial charge < -0.3 is 30.6 Å². The van der Waals surface area contributed by atoms with Crippen molar-refractivity contribution < 1.29 is 29.7 Å². The van der Waals surface area contributed by atoms with Gasteiger partial charge in [0.1, 0.15) is 0 Å². The van der Waals surface area contributed by atoms with Crippen molar-refractivity contribution in [3.63, 3.8) is 0 Å². The smallest absolute Gasteiger partial charge is 0.303 e. The average molecular weight is 593 g/mol. The summed E-state index contributed by atoms with van der Waals surface area (Å²) in [5, 5.41) is 33.6. The van der Waals surface area contributed by atoms with E-state index in [1.54, 1.807) is 0 Å². The van der Waals surface area contributed by atoms with E-state index in [0.29, 0.717) is 31.4 Å². The van der Waals surface area contributed by atoms with Gasteiger partial charge in [-0.3, -0.25) is 19.4 Å². The molecule has 0 bridgehead atoms. The molecule has 0 aromatic carbocycles. The molecule has 0 radical (unpaired) electrons. The molecule has 2 aromatic heterocycles. The van der Waals surface area contributed by atoms with Gasteiger partial charge in [-0.05, 0) is 81.7 Å². The predicted octanol–water partition coefficient (Wildman–Crippen LogP) is 3.78. The third-order valence-corrected chi connectivity index (χ3v) is 8.41. The summed E-state index contributed by atoms with van der Waals surface area (Å²) in [5.74, 6) is -1.80. The molecule has 10 nitrogen and oxygen atoms in total. The Kier molecular flexibility index (Phi) is 11.3. The van der Waals surface area contributed by atoms with E-state index >= 15 is 0 Å². The molecule has 1 aliphatic rings. The third kappa shape index (κ3) is 7.94. The normalized spacial score (nSPS) is 20.0. The monoisotopic (exact) mass is 592 g/mol. The van der Waals surface area contributed by atoms with Gasteiger partial charge in [-0.2, -0.15) is 0 Å². The second kappa shape index (κ2) is 14.7. The van der Waals surface area contributed by atoms with Gasteiger partial charge in [0.05, 0.1) is 11.4 Å². The first kappa shape index (κ1) is 33.2. The number of amides is 1. The third-order valence-electron chi connectivity index (χ3n) is 8.41. The lowest BCUT2D eigenvalue weighted by Gasteiger charge is -2.20. The van der Waals surface area contributed by atoms with E-state index in [4.69, 9.17) is 4.99 Å². The Morgan fingerprint density at radius 3 is 2.40 bits per heavy atom. The first-order valence-corrected chi connectivity index (χ1v) is 14.8. The van der Waals surface area contributed by atoms with Crippen LogP contribution in [0.1, 0.15) is 81.5 Å². The molecule has 3 heterocycles. The largest absolute Gasteiger partial charge is 0.494 e. The Labute approximate surface area is 252 Å². The molecule has 10 heteroatoms. The fourth-order valence-corrected chi connectivity index (χ4v) is 5.98. The molecule has 232 valence electrons. The van der Waals surface area contributed by atoms with Crippen molar-refractivity contribution in [2.24, 2.45) is 16.8 Å². The Morgan fingerprint density at radius 1 is 1.09 bits per heavy atom. The Balaban J connectivity index is 2.13. The SMILES string of the molecule is CC=c1c(C)c(O)[nH]c1=Cc1[nH]c(CC2=NC(C=C(NC=O)C(C)=CCC)C(C)C2CCC(=O)O)c(CCC(=O)O)c1C. The molecule has 2 aromatic rings. The number of hydrogen-bond donors (Lipinski definition) is 6. The zero-order valence-electron chi connectivity index (χ0n) is 25.9. The van der Waals surface area contributed by atoms with Gasteiger partial charge in [-0.15, -0.1) is 0 Å². The number of nitrogens with zero attached hydrogens (tertiary/aromatic N) is 1. The number of H-pyrrole nitrogens is 2. The number of nitrogens with one attached hydrogen (secondary N) is 3. The van der Waals surface area contributed by atoms with E-state index in [9.17, 15) is 29.7 Å². The molecule has 0 spiro atoms. The van der Waals surface area contributed by atoms with Gasteiger partial charge >= 0.3 is 11.9 Å². The molecule has 43 heavy (non-hydrogen) atoms. The number of aromatic amines is 2. The topological polar surface area (TPSA) is 168 Å². The Bertz CT molecular complexity index is 1570. The summed E-state index contributed by atoms with van der Waals surface area (Å²) in [5.41, 5.74) is 6.62. The predicted molar refractivity (Wildman–Crippen MR) is 167 cm³/mol. The van der Waals surface area contributed by atoms with Crippen molar-refractivity contribution in [3.05, 3.63) is 62.1 Å². The lowest BCUT2D eigenvalue weighted by Crippen LogP contribution is -2.24. The zero-order chi connectivity index (χ0) is 31.8. The van der Waals surface area contributed by atoms with Crippen LogP contribution in [0.5, 0.6) is 5.88 Å². The van der Waals surface area contributed by atoms with Crippen LogP contribution < -0.4 is 15.9 Å². The molecule has 6 N–H and O–H groups in total. The first-order valence-electron chi connectivity index (χ1n) is 14.8. The molecule has 1 amide bonds. The number of carboxylic acid groups (broad SMARTS) is 2. The van der Waals surface area contributed by atoms with E-state index in [1.807, 2.05) is 58.9 Å². The summed E-state index contributed by atoms with van der Waals surface area (Å²) < 4.78 is 0. The minimum Gasteiger partial charge on any atom is -0.494 e. The molecular formula is C33H44N4O6. The highest BCUT2D eigenvalue weighted by atomic mass is 16.4. The maximum Gasteiger partial charge on any atom is 0.303 e. The van der Waals surface area contributed by atoms with Gasteiger partial charge in [0, 0.05) is 58.8 Å². The standard InChI is InChI=1S/C33H44N4O6/c1-7-9-18(3)25(34-17-38)14-26-19(4)23(10-12-31(39)40)29(35-26)16-30-24(11-13-32(41)42)20(5)27(36-30)15-28-22(8-2)21(6)33(43)37-28/h8-9,14-15,17,19,23,26,36-37,43H,7,10-13,16H2,1-6H3,(H,34,38)(H,39,40)(H,41,42). The van der Waals surface area contributed by atoms with Crippen molar-refractivity contribution in [2.45, 2.75) is 86.1 Å². The van der Waals surface area contributed by atoms with Crippen LogP contribution in [-0.4, -0.2) is 55.4 Å². The van der Waals surface area contributed by atoms with Crippen LogP contribution >= 0.6 is 0 Å². The van der Waals surface area contributed by atoms with Gasteiger partial charge in [0.2, 0.25) is 6.41 Å². The highest BCUT2D eigenvalue weighted by Gasteiger charge is 2.36. The molecule has 1 aliphatic heterocycles. The highest BCUT2D eigenvalue weighted by molar-refractivity contribution is 5.91. The maximum absolute atomic E-state index is 11.5. The molecule has 0 aliphatic carbocycles. The van der Waals surface area contributed by atoms with Crippen LogP contribution in [-0.2, 0) is 27.2 Å². The van der Waals surface area contributed by atoms with Crippen LogP contribution in [0.15, 0.2) is 28.4 Å². The van der Waals surface area contributed by atoms with Crippen LogP contribution in [0, 0.1) is 25.7 Å². The van der Waals surface area contributed by atoms with Crippen molar-refractivity contribution >= 4 is 36.2 Å². The minimum atomic E-state index is -0.896. The summed E-state index contributed by atoms with van der Waals surface area (Å²) in [6.07, 6.45) is 10.4. The van der Waals surface area contributed by atoms with E-state index in [0.717, 1.165) is 56.4 Å². The summed E-state index contributed by atoms with van der Waals surface area (Å²) >= 11 is 0. The van der Waals surface area contributed by atoms with Crippen molar-refractivity contribution in [2.75, 3.05) is 0 Å². The zero-order valence-corrected chi connectivity index (χ0v) is 25.9. The minimum absolute atomic E-state index is 0.000707. The number of carbonyl (C=O) groups is 3. The summed E-state index contributed by atoms with van der Waals surface area (Å²) in [6.45, 7) is 11.7. The van der Waals surface area contributed by atoms with Crippen molar-refractivity contribution in [1.29, 1.82) is 0 Å². The van der Waals surface area contributed by atoms with Crippen LogP contribution in [0.25, 0.3) is 12.2 Å². The summed E-state index contributed by atoms with van der Waals surface area (Å²) in [7, 11) is 0. The Hall–Kier alpha value is -4.34. The highest BCUT2D eigenvalue weighted by Crippen LogP contribution is 2.35. The number of carbonyl (C=O) groups excluding carboxylic acids is 1. The fourth-order valence-electron chi connectivity index (χ4n) is 5.98. The number of allylic oxidation sites excluding steroid dienone is 2. The number of aliphatic carboxylic acids is 2. The van der Waals surface area contributed by atoms with E-state index in [2.05, 4.69) is 22.2 Å². The second-order valence-corrected chi connectivity index (χ2v) is 11.2. The van der Waals surface area contributed by atoms with Crippen molar-refractivity contribution in [1.82, 2.24) is 15.3 Å². The van der Waals surface area contributed by atoms with Crippen LogP contribution in [0.2, 0.25) is 0 Å². The number of aromatic nitrogens is 2. The fraction of sp³-hybridized carbons (Fsp3) is 0.455. The molecule has 3 unspecified atom stereocenters. The quantitative estimate of drug-likeness (QED) is 0.144. The molecular weight excluding hydrogens is 548 g/mol. The molecule has 3 rings (SSSR count). The van der Waals surface area contributed by atoms with E-state index < -0.39 is 11.9 Å². The van der Waals surface area contributed by atoms with E-state index in [1.165, 1.54) is 0 Å². The van der Waals surface area contributed by atoms with E-state index in [-0.39, 0.29) is 36.6 Å². The summed E-state index contributed by atoms with van der Waals surface area (Å²) in [6, 6.07) is -0.270. The van der Waals surface area contributed by atoms with Crippen LogP contribution in [0.3, 0.4) is 0 Å². The van der Waals surface area contributed by atoms with Gasteiger partial charge in [0.15, 0.2) is 5.88 Å². The second-order valence-electron chi connectivity index (χ2n) is 11.2. The van der Waals surface area contributed by atoms with Gasteiger partial charge in [-0.25, -0.2) is 0 Å². The van der Waals surface area contributed by atoms with Crippen molar-refractivity contribution in [3.8, 4) is 5.88 Å². The number of rotatable bonds is 14. The number of aliphatic imine (C=N–C) groups is 1. The summed E-state index contributed by atoms with van der Waals surface area (Å²) in [4.78, 5) is 46.0. The first-order chi connectivity index (χ1) is 20.4. The van der Waals surface area contributed by atoms with Crippen LogP contribution in [0.4, 0.5) is 0 Å². The number of hydrogen-bond acceptors (Lipinski definition) is 5. The molecule has 0 fully saturated rings. The van der Waals surface area contributed by atoms with Gasteiger partial charge in [-0.1, -0.05) is 26.0 Å². The average Bonchev–Trinajstić information content (AvgIpc) is 3.50. The molecule has 3 atom stereocenters. The number of carboxylic acids is 2. The lowest BCUT2D eigenvalue weighted by atomic mass is 9.82. The Morgan fingerprint density at radius 2 is 1.79 bits per heavy atom. The van der Waals surface area contributed by atoms with Gasteiger partial charge in [0.25, 0.3) is 0 Å². The lowest BCUT2D eigenvalue weighted by molar-refractivity contribution is -0.138. The molecule has 0 saturated carbocycles.